The number of nitrogens with zero attached hydrogens (tertiary/aromatic N) is 3. The monoisotopic (exact) mass is 264 g/mol. The van der Waals surface area contributed by atoms with Crippen molar-refractivity contribution in [3.05, 3.63) is 6.33 Å². The summed E-state index contributed by atoms with van der Waals surface area (Å²) in [7, 11) is 0. The van der Waals surface area contributed by atoms with Crippen LogP contribution in [0.25, 0.3) is 0 Å². The van der Waals surface area contributed by atoms with E-state index >= 15 is 0 Å². The van der Waals surface area contributed by atoms with Crippen LogP contribution in [0.3, 0.4) is 0 Å². The van der Waals surface area contributed by atoms with Crippen molar-refractivity contribution in [3.63, 3.8) is 0 Å². The molecule has 0 saturated carbocycles. The summed E-state index contributed by atoms with van der Waals surface area (Å²) in [5.41, 5.74) is 7.13. The molecule has 1 aliphatic rings. The number of aromatic nitrogens is 2. The van der Waals surface area contributed by atoms with Gasteiger partial charge in [0.2, 0.25) is 5.88 Å². The molecule has 0 amide bonds. The van der Waals surface area contributed by atoms with E-state index < -0.39 is 0 Å². The zero-order valence-electron chi connectivity index (χ0n) is 12.1. The highest BCUT2D eigenvalue weighted by atomic mass is 16.5. The molecule has 0 aliphatic carbocycles. The Morgan fingerprint density at radius 1 is 1.32 bits per heavy atom. The van der Waals surface area contributed by atoms with Crippen LogP contribution in [0, 0.1) is 5.41 Å². The van der Waals surface area contributed by atoms with E-state index in [4.69, 9.17) is 10.5 Å². The molecule has 5 nitrogen and oxygen atoms in total. The first-order valence-electron chi connectivity index (χ1n) is 7.08. The fourth-order valence-electron chi connectivity index (χ4n) is 2.49. The number of anilines is 2. The second-order valence-electron chi connectivity index (χ2n) is 5.50. The van der Waals surface area contributed by atoms with Crippen LogP contribution in [0.5, 0.6) is 5.88 Å². The molecule has 5 heteroatoms. The number of rotatable bonds is 4. The van der Waals surface area contributed by atoms with Gasteiger partial charge in [-0.25, -0.2) is 4.98 Å². The Kier molecular flexibility index (Phi) is 4.12. The minimum absolute atomic E-state index is 0.459. The molecule has 19 heavy (non-hydrogen) atoms. The van der Waals surface area contributed by atoms with E-state index in [9.17, 15) is 0 Å². The molecule has 1 saturated heterocycles. The molecule has 1 aromatic heterocycles. The first-order valence-corrected chi connectivity index (χ1v) is 7.08. The molecular formula is C14H24N4O. The second-order valence-corrected chi connectivity index (χ2v) is 5.50. The Hall–Kier alpha value is -1.52. The molecule has 2 rings (SSSR count). The third-order valence-corrected chi connectivity index (χ3v) is 4.23. The molecule has 0 bridgehead atoms. The van der Waals surface area contributed by atoms with E-state index in [0.29, 0.717) is 23.6 Å². The third kappa shape index (κ3) is 2.91. The van der Waals surface area contributed by atoms with E-state index in [1.165, 1.54) is 25.6 Å². The average Bonchev–Trinajstić information content (AvgIpc) is 2.43. The maximum absolute atomic E-state index is 6.11. The summed E-state index contributed by atoms with van der Waals surface area (Å²) in [5.74, 6) is 1.31. The van der Waals surface area contributed by atoms with Crippen molar-refractivity contribution in [2.45, 2.75) is 40.0 Å². The molecule has 2 N–H and O–H groups in total. The zero-order valence-corrected chi connectivity index (χ0v) is 12.1. The first kappa shape index (κ1) is 13.9. The Morgan fingerprint density at radius 2 is 2.00 bits per heavy atom. The summed E-state index contributed by atoms with van der Waals surface area (Å²) in [6.45, 7) is 9.11. The molecule has 0 aromatic carbocycles. The van der Waals surface area contributed by atoms with Gasteiger partial charge in [0.05, 0.1) is 6.61 Å². The molecule has 1 fully saturated rings. The SMILES string of the molecule is CCOc1ncnc(N2CCC(C)(CC)CC2)c1N. The van der Waals surface area contributed by atoms with Crippen LogP contribution in [0.2, 0.25) is 0 Å². The van der Waals surface area contributed by atoms with Crippen molar-refractivity contribution in [2.75, 3.05) is 30.3 Å². The summed E-state index contributed by atoms with van der Waals surface area (Å²) in [5, 5.41) is 0. The maximum Gasteiger partial charge on any atom is 0.242 e. The van der Waals surface area contributed by atoms with E-state index in [-0.39, 0.29) is 0 Å². The Bertz CT molecular complexity index is 427. The van der Waals surface area contributed by atoms with Crippen molar-refractivity contribution < 1.29 is 4.74 Å². The van der Waals surface area contributed by atoms with Crippen molar-refractivity contribution in [1.82, 2.24) is 9.97 Å². The molecule has 106 valence electrons. The van der Waals surface area contributed by atoms with E-state index in [2.05, 4.69) is 28.7 Å². The highest BCUT2D eigenvalue weighted by Gasteiger charge is 2.29. The lowest BCUT2D eigenvalue weighted by molar-refractivity contribution is 0.237. The molecule has 0 unspecified atom stereocenters. The highest BCUT2D eigenvalue weighted by Crippen LogP contribution is 2.37. The van der Waals surface area contributed by atoms with Crippen LogP contribution in [0.1, 0.15) is 40.0 Å². The molecular weight excluding hydrogens is 240 g/mol. The molecule has 0 spiro atoms. The van der Waals surface area contributed by atoms with E-state index in [0.717, 1.165) is 18.9 Å². The van der Waals surface area contributed by atoms with Gasteiger partial charge in [0.25, 0.3) is 0 Å². The molecule has 0 radical (unpaired) electrons. The largest absolute Gasteiger partial charge is 0.476 e. The van der Waals surface area contributed by atoms with Crippen molar-refractivity contribution in [3.8, 4) is 5.88 Å². The van der Waals surface area contributed by atoms with Gasteiger partial charge in [0.1, 0.15) is 12.0 Å². The van der Waals surface area contributed by atoms with Crippen LogP contribution in [-0.4, -0.2) is 29.7 Å². The van der Waals surface area contributed by atoms with Gasteiger partial charge >= 0.3 is 0 Å². The van der Waals surface area contributed by atoms with Crippen LogP contribution >= 0.6 is 0 Å². The topological polar surface area (TPSA) is 64.3 Å². The van der Waals surface area contributed by atoms with Gasteiger partial charge in [-0.2, -0.15) is 4.98 Å². The number of ether oxygens (including phenoxy) is 1. The number of nitrogen functional groups attached to an aromatic ring is 1. The van der Waals surface area contributed by atoms with Crippen molar-refractivity contribution in [1.29, 1.82) is 0 Å². The maximum atomic E-state index is 6.11. The predicted molar refractivity (Wildman–Crippen MR) is 77.5 cm³/mol. The predicted octanol–water partition coefficient (Wildman–Crippen LogP) is 2.47. The van der Waals surface area contributed by atoms with E-state index in [1.54, 1.807) is 0 Å². The van der Waals surface area contributed by atoms with Crippen molar-refractivity contribution in [2.24, 2.45) is 5.41 Å². The zero-order chi connectivity index (χ0) is 13.9. The van der Waals surface area contributed by atoms with Gasteiger partial charge in [-0.15, -0.1) is 0 Å². The van der Waals surface area contributed by atoms with Gasteiger partial charge < -0.3 is 15.4 Å². The summed E-state index contributed by atoms with van der Waals surface area (Å²) in [6.07, 6.45) is 5.11. The van der Waals surface area contributed by atoms with Crippen LogP contribution in [0.15, 0.2) is 6.33 Å². The fraction of sp³-hybridized carbons (Fsp3) is 0.714. The smallest absolute Gasteiger partial charge is 0.242 e. The lowest BCUT2D eigenvalue weighted by Gasteiger charge is -2.39. The summed E-state index contributed by atoms with van der Waals surface area (Å²) < 4.78 is 5.43. The van der Waals surface area contributed by atoms with Gasteiger partial charge in [0.15, 0.2) is 5.82 Å². The number of hydrogen-bond acceptors (Lipinski definition) is 5. The number of nitrogens with two attached hydrogens (primary N) is 1. The number of piperidine rings is 1. The fourth-order valence-corrected chi connectivity index (χ4v) is 2.49. The van der Waals surface area contributed by atoms with Gasteiger partial charge in [-0.3, -0.25) is 0 Å². The lowest BCUT2D eigenvalue weighted by Crippen LogP contribution is -2.39. The van der Waals surface area contributed by atoms with Gasteiger partial charge in [-0.05, 0) is 25.2 Å². The molecule has 2 heterocycles. The normalized spacial score (nSPS) is 18.4. The van der Waals surface area contributed by atoms with Gasteiger partial charge in [0, 0.05) is 13.1 Å². The lowest BCUT2D eigenvalue weighted by atomic mass is 9.78. The average molecular weight is 264 g/mol. The molecule has 1 aromatic rings. The summed E-state index contributed by atoms with van der Waals surface area (Å²) >= 11 is 0. The summed E-state index contributed by atoms with van der Waals surface area (Å²) in [6, 6.07) is 0. The summed E-state index contributed by atoms with van der Waals surface area (Å²) in [4.78, 5) is 10.7. The molecule has 1 aliphatic heterocycles. The minimum atomic E-state index is 0.459. The van der Waals surface area contributed by atoms with Crippen LogP contribution in [0.4, 0.5) is 11.5 Å². The second kappa shape index (κ2) is 5.63. The molecule has 0 atom stereocenters. The van der Waals surface area contributed by atoms with Crippen molar-refractivity contribution >= 4 is 11.5 Å². The minimum Gasteiger partial charge on any atom is -0.476 e. The number of hydrogen-bond donors (Lipinski definition) is 1. The Balaban J connectivity index is 2.13. The van der Waals surface area contributed by atoms with E-state index in [1.807, 2.05) is 6.92 Å². The Morgan fingerprint density at radius 3 is 2.58 bits per heavy atom. The van der Waals surface area contributed by atoms with Crippen LogP contribution < -0.4 is 15.4 Å². The third-order valence-electron chi connectivity index (χ3n) is 4.23. The first-order chi connectivity index (χ1) is 9.09. The quantitative estimate of drug-likeness (QED) is 0.905. The van der Waals surface area contributed by atoms with Gasteiger partial charge in [-0.1, -0.05) is 20.3 Å². The van der Waals surface area contributed by atoms with Crippen LogP contribution in [-0.2, 0) is 0 Å². The Labute approximate surface area is 115 Å². The highest BCUT2D eigenvalue weighted by molar-refractivity contribution is 5.67. The standard InChI is InChI=1S/C14H24N4O/c1-4-14(3)6-8-18(9-7-14)12-11(15)13(19-5-2)17-10-16-12/h10H,4-9,15H2,1-3H3.